The molecule has 0 amide bonds. The second-order valence-electron chi connectivity index (χ2n) is 8.90. The van der Waals surface area contributed by atoms with Crippen molar-refractivity contribution in [2.75, 3.05) is 45.4 Å². The molecule has 1 fully saturated rings. The Morgan fingerprint density at radius 2 is 1.62 bits per heavy atom. The van der Waals surface area contributed by atoms with Crippen LogP contribution in [-0.2, 0) is 4.74 Å². The number of pyridine rings is 1. The van der Waals surface area contributed by atoms with Gasteiger partial charge in [-0.15, -0.1) is 0 Å². The van der Waals surface area contributed by atoms with Gasteiger partial charge in [0.25, 0.3) is 0 Å². The molecule has 176 valence electrons. The van der Waals surface area contributed by atoms with E-state index in [-0.39, 0.29) is 0 Å². The van der Waals surface area contributed by atoms with Gasteiger partial charge in [-0.2, -0.15) is 0 Å². The van der Waals surface area contributed by atoms with Gasteiger partial charge in [-0.25, -0.2) is 4.98 Å². The van der Waals surface area contributed by atoms with Gasteiger partial charge in [-0.3, -0.25) is 0 Å². The van der Waals surface area contributed by atoms with E-state index in [1.165, 1.54) is 10.9 Å². The summed E-state index contributed by atoms with van der Waals surface area (Å²) >= 11 is 0. The summed E-state index contributed by atoms with van der Waals surface area (Å²) in [6.45, 7) is 7.76. The van der Waals surface area contributed by atoms with Crippen LogP contribution in [0.4, 0.5) is 5.82 Å². The van der Waals surface area contributed by atoms with Crippen LogP contribution in [0.2, 0.25) is 0 Å². The van der Waals surface area contributed by atoms with E-state index < -0.39 is 0 Å². The summed E-state index contributed by atoms with van der Waals surface area (Å²) in [5, 5.41) is 1.23. The summed E-state index contributed by atoms with van der Waals surface area (Å²) in [5.41, 5.74) is 6.88. The number of nitrogens with one attached hydrogen (secondary N) is 1. The molecular weight excluding hydrogens is 426 g/mol. The van der Waals surface area contributed by atoms with Gasteiger partial charge in [0.1, 0.15) is 5.82 Å². The van der Waals surface area contributed by atoms with Gasteiger partial charge in [0.15, 0.2) is 11.5 Å². The predicted molar refractivity (Wildman–Crippen MR) is 137 cm³/mol. The summed E-state index contributed by atoms with van der Waals surface area (Å²) in [6.07, 6.45) is 1.98. The molecule has 0 spiro atoms. The van der Waals surface area contributed by atoms with E-state index in [2.05, 4.69) is 60.1 Å². The Labute approximate surface area is 200 Å². The number of benzene rings is 2. The van der Waals surface area contributed by atoms with Gasteiger partial charge in [-0.05, 0) is 59.5 Å². The van der Waals surface area contributed by atoms with Gasteiger partial charge in [0, 0.05) is 41.3 Å². The Bertz CT molecular complexity index is 1290. The van der Waals surface area contributed by atoms with Crippen molar-refractivity contribution in [3.8, 4) is 33.9 Å². The minimum atomic E-state index is 0.342. The first-order valence-electron chi connectivity index (χ1n) is 11.8. The lowest BCUT2D eigenvalue weighted by Gasteiger charge is -2.27. The SMILES string of the molecule is COc1ccc(-c2[nH]c3ccc(-c4ccc(N5CCOCC5)nc4)cc3c2C(C)C)cc1OC. The summed E-state index contributed by atoms with van der Waals surface area (Å²) < 4.78 is 16.4. The summed E-state index contributed by atoms with van der Waals surface area (Å²) in [6, 6.07) is 16.9. The minimum absolute atomic E-state index is 0.342. The van der Waals surface area contributed by atoms with Gasteiger partial charge >= 0.3 is 0 Å². The predicted octanol–water partition coefficient (Wildman–Crippen LogP) is 5.87. The molecular formula is C28H31N3O3. The first-order chi connectivity index (χ1) is 16.6. The van der Waals surface area contributed by atoms with Gasteiger partial charge in [-0.1, -0.05) is 19.9 Å². The van der Waals surface area contributed by atoms with Crippen molar-refractivity contribution in [3.63, 3.8) is 0 Å². The molecule has 2 aromatic carbocycles. The highest BCUT2D eigenvalue weighted by Gasteiger charge is 2.19. The number of methoxy groups -OCH3 is 2. The highest BCUT2D eigenvalue weighted by atomic mass is 16.5. The molecule has 0 radical (unpaired) electrons. The van der Waals surface area contributed by atoms with Crippen molar-refractivity contribution in [2.24, 2.45) is 0 Å². The molecule has 0 bridgehead atoms. The number of aromatic nitrogens is 2. The fourth-order valence-electron chi connectivity index (χ4n) is 4.75. The van der Waals surface area contributed by atoms with E-state index in [0.717, 1.165) is 71.5 Å². The number of ether oxygens (including phenoxy) is 3. The third-order valence-electron chi connectivity index (χ3n) is 6.50. The van der Waals surface area contributed by atoms with E-state index in [4.69, 9.17) is 19.2 Å². The molecule has 34 heavy (non-hydrogen) atoms. The zero-order valence-electron chi connectivity index (χ0n) is 20.2. The van der Waals surface area contributed by atoms with Crippen molar-refractivity contribution in [3.05, 3.63) is 60.3 Å². The number of hydrogen-bond donors (Lipinski definition) is 1. The van der Waals surface area contributed by atoms with Crippen molar-refractivity contribution in [1.29, 1.82) is 0 Å². The quantitative estimate of drug-likeness (QED) is 0.392. The van der Waals surface area contributed by atoms with Crippen LogP contribution in [0.5, 0.6) is 11.5 Å². The van der Waals surface area contributed by atoms with Crippen LogP contribution in [0.1, 0.15) is 25.3 Å². The number of morpholine rings is 1. The molecule has 6 nitrogen and oxygen atoms in total. The number of fused-ring (bicyclic) bond motifs is 1. The molecule has 3 heterocycles. The summed E-state index contributed by atoms with van der Waals surface area (Å²) in [5.74, 6) is 2.80. The van der Waals surface area contributed by atoms with Gasteiger partial charge in [0.2, 0.25) is 0 Å². The van der Waals surface area contributed by atoms with Crippen LogP contribution in [0.15, 0.2) is 54.7 Å². The number of nitrogens with zero attached hydrogens (tertiary/aromatic N) is 2. The number of rotatable bonds is 6. The van der Waals surface area contributed by atoms with Crippen molar-refractivity contribution in [1.82, 2.24) is 9.97 Å². The number of hydrogen-bond acceptors (Lipinski definition) is 5. The Morgan fingerprint density at radius 3 is 2.29 bits per heavy atom. The molecule has 0 saturated carbocycles. The highest BCUT2D eigenvalue weighted by molar-refractivity contribution is 5.94. The van der Waals surface area contributed by atoms with E-state index >= 15 is 0 Å². The largest absolute Gasteiger partial charge is 0.493 e. The van der Waals surface area contributed by atoms with Crippen LogP contribution in [0.25, 0.3) is 33.3 Å². The lowest BCUT2D eigenvalue weighted by Crippen LogP contribution is -2.36. The fraction of sp³-hybridized carbons (Fsp3) is 0.321. The standard InChI is InChI=1S/C28H31N3O3/c1-18(2)27-22-15-19(21-7-10-26(29-17-21)31-11-13-34-14-12-31)5-8-23(22)30-28(27)20-6-9-24(32-3)25(16-20)33-4/h5-10,15-18,30H,11-14H2,1-4H3. The van der Waals surface area contributed by atoms with E-state index in [1.807, 2.05) is 18.3 Å². The molecule has 5 rings (SSSR count). The molecule has 1 aliphatic heterocycles. The summed E-state index contributed by atoms with van der Waals surface area (Å²) in [4.78, 5) is 10.7. The molecule has 2 aromatic heterocycles. The second kappa shape index (κ2) is 9.39. The monoisotopic (exact) mass is 457 g/mol. The van der Waals surface area contributed by atoms with Crippen LogP contribution >= 0.6 is 0 Å². The first-order valence-corrected chi connectivity index (χ1v) is 11.8. The Hall–Kier alpha value is -3.51. The van der Waals surface area contributed by atoms with Crippen molar-refractivity contribution >= 4 is 16.7 Å². The van der Waals surface area contributed by atoms with E-state index in [9.17, 15) is 0 Å². The van der Waals surface area contributed by atoms with E-state index in [0.29, 0.717) is 5.92 Å². The van der Waals surface area contributed by atoms with Crippen molar-refractivity contribution < 1.29 is 14.2 Å². The lowest BCUT2D eigenvalue weighted by molar-refractivity contribution is 0.122. The first kappa shape index (κ1) is 22.3. The minimum Gasteiger partial charge on any atom is -0.493 e. The average Bonchev–Trinajstić information content (AvgIpc) is 3.28. The Morgan fingerprint density at radius 1 is 0.882 bits per heavy atom. The zero-order chi connectivity index (χ0) is 23.7. The number of aromatic amines is 1. The maximum absolute atomic E-state index is 5.55. The third kappa shape index (κ3) is 4.10. The number of H-pyrrole nitrogens is 1. The van der Waals surface area contributed by atoms with Crippen LogP contribution in [-0.4, -0.2) is 50.5 Å². The van der Waals surface area contributed by atoms with Crippen molar-refractivity contribution in [2.45, 2.75) is 19.8 Å². The lowest BCUT2D eigenvalue weighted by atomic mass is 9.94. The summed E-state index contributed by atoms with van der Waals surface area (Å²) in [7, 11) is 3.32. The Balaban J connectivity index is 1.54. The highest BCUT2D eigenvalue weighted by Crippen LogP contribution is 2.40. The molecule has 1 aliphatic rings. The maximum Gasteiger partial charge on any atom is 0.161 e. The molecule has 4 aromatic rings. The van der Waals surface area contributed by atoms with Gasteiger partial charge < -0.3 is 24.1 Å². The fourth-order valence-corrected chi connectivity index (χ4v) is 4.75. The van der Waals surface area contributed by atoms with Gasteiger partial charge in [0.05, 0.1) is 33.1 Å². The van der Waals surface area contributed by atoms with Crippen LogP contribution < -0.4 is 14.4 Å². The molecule has 1 N–H and O–H groups in total. The van der Waals surface area contributed by atoms with Crippen LogP contribution in [0.3, 0.4) is 0 Å². The van der Waals surface area contributed by atoms with Crippen LogP contribution in [0, 0.1) is 0 Å². The normalized spacial score (nSPS) is 14.1. The molecule has 0 unspecified atom stereocenters. The van der Waals surface area contributed by atoms with E-state index in [1.54, 1.807) is 14.2 Å². The molecule has 0 aliphatic carbocycles. The third-order valence-corrected chi connectivity index (χ3v) is 6.50. The zero-order valence-corrected chi connectivity index (χ0v) is 20.2. The Kier molecular flexibility index (Phi) is 6.16. The molecule has 1 saturated heterocycles. The average molecular weight is 458 g/mol. The number of anilines is 1. The molecule has 6 heteroatoms. The second-order valence-corrected chi connectivity index (χ2v) is 8.90. The topological polar surface area (TPSA) is 59.6 Å². The molecule has 0 atom stereocenters. The maximum atomic E-state index is 5.55. The smallest absolute Gasteiger partial charge is 0.161 e.